The zero-order chi connectivity index (χ0) is 19.2. The van der Waals surface area contributed by atoms with Crippen LogP contribution in [0.4, 0.5) is 11.4 Å². The summed E-state index contributed by atoms with van der Waals surface area (Å²) in [6, 6.07) is 15.3. The lowest BCUT2D eigenvalue weighted by atomic mass is 10.2. The topological polar surface area (TPSA) is 58.4 Å². The van der Waals surface area contributed by atoms with Crippen molar-refractivity contribution in [3.05, 3.63) is 65.6 Å². The van der Waals surface area contributed by atoms with Crippen LogP contribution in [0.1, 0.15) is 18.7 Å². The van der Waals surface area contributed by atoms with Crippen molar-refractivity contribution < 1.29 is 9.21 Å². The van der Waals surface area contributed by atoms with Crippen molar-refractivity contribution in [1.82, 2.24) is 4.98 Å². The lowest BCUT2D eigenvalue weighted by Crippen LogP contribution is -2.13. The molecule has 0 aliphatic carbocycles. The van der Waals surface area contributed by atoms with Gasteiger partial charge in [0.2, 0.25) is 5.91 Å². The lowest BCUT2D eigenvalue weighted by Gasteiger charge is -2.15. The largest absolute Gasteiger partial charge is 0.441 e. The SMILES string of the molecule is CN(C)c1ccc(NC(=O)CCCc2ncc(-c3ccccc3)o2)cc1Cl. The summed E-state index contributed by atoms with van der Waals surface area (Å²) in [6.45, 7) is 0. The Morgan fingerprint density at radius 1 is 1.19 bits per heavy atom. The Morgan fingerprint density at radius 2 is 1.96 bits per heavy atom. The number of carbonyl (C=O) groups excluding carboxylic acids is 1. The van der Waals surface area contributed by atoms with Gasteiger partial charge in [0.05, 0.1) is 16.9 Å². The number of aromatic nitrogens is 1. The van der Waals surface area contributed by atoms with Gasteiger partial charge in [0.25, 0.3) is 0 Å². The summed E-state index contributed by atoms with van der Waals surface area (Å²) in [5, 5.41) is 3.48. The van der Waals surface area contributed by atoms with Gasteiger partial charge < -0.3 is 14.6 Å². The Bertz CT molecular complexity index is 907. The molecule has 0 aliphatic heterocycles. The molecule has 0 radical (unpaired) electrons. The van der Waals surface area contributed by atoms with Gasteiger partial charge in [-0.05, 0) is 24.6 Å². The number of benzene rings is 2. The third-order valence-electron chi connectivity index (χ3n) is 4.12. The Morgan fingerprint density at radius 3 is 2.67 bits per heavy atom. The van der Waals surface area contributed by atoms with E-state index in [2.05, 4.69) is 10.3 Å². The quantitative estimate of drug-likeness (QED) is 0.622. The van der Waals surface area contributed by atoms with Crippen LogP contribution in [0.25, 0.3) is 11.3 Å². The number of hydrogen-bond donors (Lipinski definition) is 1. The van der Waals surface area contributed by atoms with Crippen LogP contribution in [0.3, 0.4) is 0 Å². The van der Waals surface area contributed by atoms with Crippen molar-refractivity contribution in [2.45, 2.75) is 19.3 Å². The van der Waals surface area contributed by atoms with Crippen LogP contribution >= 0.6 is 11.6 Å². The maximum atomic E-state index is 12.1. The number of nitrogens with zero attached hydrogens (tertiary/aromatic N) is 2. The van der Waals surface area contributed by atoms with E-state index in [4.69, 9.17) is 16.0 Å². The van der Waals surface area contributed by atoms with E-state index in [1.54, 1.807) is 12.3 Å². The molecule has 3 rings (SSSR count). The van der Waals surface area contributed by atoms with Crippen LogP contribution < -0.4 is 10.2 Å². The molecule has 1 aromatic heterocycles. The number of rotatable bonds is 7. The fraction of sp³-hybridized carbons (Fsp3) is 0.238. The van der Waals surface area contributed by atoms with Crippen molar-refractivity contribution >= 4 is 28.9 Å². The Kier molecular flexibility index (Phi) is 6.14. The highest BCUT2D eigenvalue weighted by Crippen LogP contribution is 2.27. The van der Waals surface area contributed by atoms with Gasteiger partial charge in [-0.2, -0.15) is 0 Å². The molecule has 1 amide bonds. The molecule has 6 heteroatoms. The average molecular weight is 384 g/mol. The molecule has 5 nitrogen and oxygen atoms in total. The number of hydrogen-bond acceptors (Lipinski definition) is 4. The molecule has 0 saturated carbocycles. The Labute approximate surface area is 164 Å². The predicted molar refractivity (Wildman–Crippen MR) is 109 cm³/mol. The molecule has 27 heavy (non-hydrogen) atoms. The van der Waals surface area contributed by atoms with E-state index in [-0.39, 0.29) is 5.91 Å². The molecular weight excluding hydrogens is 362 g/mol. The highest BCUT2D eigenvalue weighted by Gasteiger charge is 2.09. The number of halogens is 1. The molecule has 0 spiro atoms. The van der Waals surface area contributed by atoms with Crippen LogP contribution in [0, 0.1) is 0 Å². The highest BCUT2D eigenvalue weighted by molar-refractivity contribution is 6.33. The predicted octanol–water partition coefficient (Wildman–Crippen LogP) is 5.02. The van der Waals surface area contributed by atoms with E-state index < -0.39 is 0 Å². The molecule has 140 valence electrons. The molecule has 0 fully saturated rings. The number of nitrogens with one attached hydrogen (secondary N) is 1. The van der Waals surface area contributed by atoms with Crippen molar-refractivity contribution in [2.75, 3.05) is 24.3 Å². The summed E-state index contributed by atoms with van der Waals surface area (Å²) in [5.74, 6) is 1.32. The molecule has 0 atom stereocenters. The Balaban J connectivity index is 1.49. The zero-order valence-electron chi connectivity index (χ0n) is 15.4. The van der Waals surface area contributed by atoms with Gasteiger partial charge >= 0.3 is 0 Å². The van der Waals surface area contributed by atoms with Crippen molar-refractivity contribution in [1.29, 1.82) is 0 Å². The van der Waals surface area contributed by atoms with Gasteiger partial charge in [0, 0.05) is 38.2 Å². The molecule has 2 aromatic carbocycles. The third-order valence-corrected chi connectivity index (χ3v) is 4.42. The molecule has 1 heterocycles. The van der Waals surface area contributed by atoms with Gasteiger partial charge in [0.1, 0.15) is 0 Å². The zero-order valence-corrected chi connectivity index (χ0v) is 16.2. The first-order valence-corrected chi connectivity index (χ1v) is 9.17. The summed E-state index contributed by atoms with van der Waals surface area (Å²) in [4.78, 5) is 18.4. The number of carbonyl (C=O) groups is 1. The molecular formula is C21H22ClN3O2. The van der Waals surface area contributed by atoms with E-state index in [0.29, 0.717) is 35.9 Å². The second-order valence-electron chi connectivity index (χ2n) is 6.45. The fourth-order valence-corrected chi connectivity index (χ4v) is 3.08. The first-order chi connectivity index (χ1) is 13.0. The summed E-state index contributed by atoms with van der Waals surface area (Å²) in [6.07, 6.45) is 3.37. The van der Waals surface area contributed by atoms with Crippen LogP contribution in [-0.4, -0.2) is 25.0 Å². The van der Waals surface area contributed by atoms with Crippen LogP contribution in [0.15, 0.2) is 59.1 Å². The van der Waals surface area contributed by atoms with Gasteiger partial charge in [-0.3, -0.25) is 4.79 Å². The summed E-state index contributed by atoms with van der Waals surface area (Å²) >= 11 is 6.23. The third kappa shape index (κ3) is 5.11. The standard InChI is InChI=1S/C21H22ClN3O2/c1-25(2)18-12-11-16(13-17(18)22)24-20(26)9-6-10-21-23-14-19(27-21)15-7-4-3-5-8-15/h3-5,7-8,11-14H,6,9-10H2,1-2H3,(H,24,26). The molecule has 0 bridgehead atoms. The second kappa shape index (κ2) is 8.73. The maximum Gasteiger partial charge on any atom is 0.224 e. The van der Waals surface area contributed by atoms with E-state index in [1.165, 1.54) is 0 Å². The first-order valence-electron chi connectivity index (χ1n) is 8.80. The van der Waals surface area contributed by atoms with E-state index >= 15 is 0 Å². The number of oxazole rings is 1. The molecule has 3 aromatic rings. The molecule has 1 N–H and O–H groups in total. The van der Waals surface area contributed by atoms with E-state index in [1.807, 2.05) is 61.5 Å². The Hall–Kier alpha value is -2.79. The van der Waals surface area contributed by atoms with Crippen molar-refractivity contribution in [2.24, 2.45) is 0 Å². The first kappa shape index (κ1) is 19.0. The fourth-order valence-electron chi connectivity index (χ4n) is 2.73. The number of aryl methyl sites for hydroxylation is 1. The minimum atomic E-state index is -0.0569. The minimum absolute atomic E-state index is 0.0569. The van der Waals surface area contributed by atoms with Gasteiger partial charge in [-0.15, -0.1) is 0 Å². The second-order valence-corrected chi connectivity index (χ2v) is 6.85. The van der Waals surface area contributed by atoms with Crippen molar-refractivity contribution in [3.63, 3.8) is 0 Å². The lowest BCUT2D eigenvalue weighted by molar-refractivity contribution is -0.116. The van der Waals surface area contributed by atoms with Gasteiger partial charge in [-0.1, -0.05) is 41.9 Å². The molecule has 0 unspecified atom stereocenters. The minimum Gasteiger partial charge on any atom is -0.441 e. The summed E-state index contributed by atoms with van der Waals surface area (Å²) in [7, 11) is 3.84. The summed E-state index contributed by atoms with van der Waals surface area (Å²) < 4.78 is 5.76. The van der Waals surface area contributed by atoms with Gasteiger partial charge in [-0.25, -0.2) is 4.98 Å². The van der Waals surface area contributed by atoms with Crippen LogP contribution in [-0.2, 0) is 11.2 Å². The van der Waals surface area contributed by atoms with Gasteiger partial charge in [0.15, 0.2) is 11.7 Å². The maximum absolute atomic E-state index is 12.1. The molecule has 0 saturated heterocycles. The van der Waals surface area contributed by atoms with E-state index in [0.717, 1.165) is 17.0 Å². The summed E-state index contributed by atoms with van der Waals surface area (Å²) in [5.41, 5.74) is 2.60. The van der Waals surface area contributed by atoms with Crippen LogP contribution in [0.5, 0.6) is 0 Å². The van der Waals surface area contributed by atoms with E-state index in [9.17, 15) is 4.79 Å². The normalized spacial score (nSPS) is 10.6. The average Bonchev–Trinajstić information content (AvgIpc) is 3.11. The highest BCUT2D eigenvalue weighted by atomic mass is 35.5. The number of amides is 1. The number of anilines is 2. The molecule has 0 aliphatic rings. The van der Waals surface area contributed by atoms with Crippen LogP contribution in [0.2, 0.25) is 5.02 Å². The smallest absolute Gasteiger partial charge is 0.224 e. The van der Waals surface area contributed by atoms with Crippen molar-refractivity contribution in [3.8, 4) is 11.3 Å². The monoisotopic (exact) mass is 383 g/mol.